The molecule has 0 saturated carbocycles. The molecule has 0 bridgehead atoms. The first kappa shape index (κ1) is 14.8. The van der Waals surface area contributed by atoms with Crippen molar-refractivity contribution in [1.82, 2.24) is 0 Å². The first-order valence-electron chi connectivity index (χ1n) is 6.85. The van der Waals surface area contributed by atoms with Gasteiger partial charge in [0.25, 0.3) is 0 Å². The van der Waals surface area contributed by atoms with E-state index in [-0.39, 0.29) is 0 Å². The lowest BCUT2D eigenvalue weighted by molar-refractivity contribution is 0.654. The fraction of sp³-hybridized carbons (Fsp3) is 0.250. The largest absolute Gasteiger partial charge is 0.367 e. The highest BCUT2D eigenvalue weighted by molar-refractivity contribution is 6.43. The van der Waals surface area contributed by atoms with Crippen LogP contribution in [-0.2, 0) is 0 Å². The smallest absolute Gasteiger partial charge is 0.0825 e. The van der Waals surface area contributed by atoms with E-state index >= 15 is 0 Å². The van der Waals surface area contributed by atoms with Gasteiger partial charge in [0.1, 0.15) is 0 Å². The monoisotopic (exact) mass is 340 g/mol. The molecule has 21 heavy (non-hydrogen) atoms. The van der Waals surface area contributed by atoms with E-state index in [9.17, 15) is 0 Å². The van der Waals surface area contributed by atoms with Gasteiger partial charge in [-0.25, -0.2) is 0 Å². The number of hydrogen-bond donors (Lipinski definition) is 0. The summed E-state index contributed by atoms with van der Waals surface area (Å²) >= 11 is 18.7. The van der Waals surface area contributed by atoms with E-state index in [0.717, 1.165) is 42.6 Å². The number of rotatable bonds is 2. The van der Waals surface area contributed by atoms with Crippen LogP contribution < -0.4 is 9.80 Å². The average molecular weight is 342 g/mol. The molecule has 0 N–H and O–H groups in total. The van der Waals surface area contributed by atoms with Gasteiger partial charge in [-0.2, -0.15) is 0 Å². The van der Waals surface area contributed by atoms with Crippen molar-refractivity contribution in [3.63, 3.8) is 0 Å². The van der Waals surface area contributed by atoms with Crippen molar-refractivity contribution >= 4 is 46.2 Å². The first-order valence-corrected chi connectivity index (χ1v) is 7.98. The summed E-state index contributed by atoms with van der Waals surface area (Å²) in [6, 6.07) is 13.7. The average Bonchev–Trinajstić information content (AvgIpc) is 2.51. The number of halogens is 3. The minimum Gasteiger partial charge on any atom is -0.367 e. The van der Waals surface area contributed by atoms with Crippen LogP contribution in [0.5, 0.6) is 0 Å². The van der Waals surface area contributed by atoms with Gasteiger partial charge in [-0.1, -0.05) is 53.0 Å². The Labute approximate surface area is 139 Å². The molecule has 2 aromatic carbocycles. The molecule has 0 atom stereocenters. The Bertz CT molecular complexity index is 637. The van der Waals surface area contributed by atoms with E-state index in [1.165, 1.54) is 0 Å². The Morgan fingerprint density at radius 3 is 1.81 bits per heavy atom. The van der Waals surface area contributed by atoms with Gasteiger partial charge in [0.15, 0.2) is 0 Å². The fourth-order valence-electron chi connectivity index (χ4n) is 2.63. The van der Waals surface area contributed by atoms with Crippen LogP contribution in [0.15, 0.2) is 42.5 Å². The van der Waals surface area contributed by atoms with E-state index in [1.54, 1.807) is 0 Å². The molecule has 2 nitrogen and oxygen atoms in total. The molecule has 110 valence electrons. The van der Waals surface area contributed by atoms with Crippen molar-refractivity contribution < 1.29 is 0 Å². The van der Waals surface area contributed by atoms with Gasteiger partial charge >= 0.3 is 0 Å². The highest BCUT2D eigenvalue weighted by Crippen LogP contribution is 2.34. The molecular formula is C16H15Cl3N2. The number of nitrogens with zero attached hydrogens (tertiary/aromatic N) is 2. The Kier molecular flexibility index (Phi) is 4.48. The first-order chi connectivity index (χ1) is 10.2. The topological polar surface area (TPSA) is 6.48 Å². The minimum atomic E-state index is 0.600. The molecular weight excluding hydrogens is 327 g/mol. The zero-order valence-corrected chi connectivity index (χ0v) is 13.7. The third-order valence-corrected chi connectivity index (χ3v) is 4.87. The van der Waals surface area contributed by atoms with E-state index in [4.69, 9.17) is 34.8 Å². The molecule has 5 heteroatoms. The standard InChI is InChI=1S/C16H15Cl3N2/c17-12-4-1-2-6-14(12)20-8-10-21(11-9-20)15-7-3-5-13(18)16(15)19/h1-7H,8-11H2. The summed E-state index contributed by atoms with van der Waals surface area (Å²) in [5.41, 5.74) is 2.10. The quantitative estimate of drug-likeness (QED) is 0.760. The van der Waals surface area contributed by atoms with E-state index in [2.05, 4.69) is 15.9 Å². The van der Waals surface area contributed by atoms with Crippen LogP contribution in [0.3, 0.4) is 0 Å². The molecule has 0 amide bonds. The molecule has 1 saturated heterocycles. The van der Waals surface area contributed by atoms with Crippen LogP contribution in [-0.4, -0.2) is 26.2 Å². The summed E-state index contributed by atoms with van der Waals surface area (Å²) in [5, 5.41) is 2.03. The second kappa shape index (κ2) is 6.35. The van der Waals surface area contributed by atoms with Gasteiger partial charge in [0.2, 0.25) is 0 Å². The molecule has 0 aliphatic carbocycles. The van der Waals surface area contributed by atoms with Gasteiger partial charge in [-0.15, -0.1) is 0 Å². The van der Waals surface area contributed by atoms with Crippen LogP contribution >= 0.6 is 34.8 Å². The van der Waals surface area contributed by atoms with Crippen molar-refractivity contribution in [2.45, 2.75) is 0 Å². The molecule has 3 rings (SSSR count). The molecule has 2 aromatic rings. The van der Waals surface area contributed by atoms with Crippen molar-refractivity contribution in [2.75, 3.05) is 36.0 Å². The molecule has 1 fully saturated rings. The third kappa shape index (κ3) is 3.08. The van der Waals surface area contributed by atoms with Gasteiger partial charge in [-0.05, 0) is 24.3 Å². The predicted molar refractivity (Wildman–Crippen MR) is 92.3 cm³/mol. The molecule has 1 heterocycles. The summed E-state index contributed by atoms with van der Waals surface area (Å²) < 4.78 is 0. The van der Waals surface area contributed by atoms with Gasteiger partial charge in [-0.3, -0.25) is 0 Å². The third-order valence-electron chi connectivity index (χ3n) is 3.74. The number of benzene rings is 2. The van der Waals surface area contributed by atoms with Gasteiger partial charge in [0, 0.05) is 26.2 Å². The van der Waals surface area contributed by atoms with Crippen LogP contribution in [0, 0.1) is 0 Å². The SMILES string of the molecule is Clc1ccccc1N1CCN(c2cccc(Cl)c2Cl)CC1. The lowest BCUT2D eigenvalue weighted by Crippen LogP contribution is -2.46. The highest BCUT2D eigenvalue weighted by atomic mass is 35.5. The Morgan fingerprint density at radius 2 is 1.14 bits per heavy atom. The molecule has 1 aliphatic heterocycles. The van der Waals surface area contributed by atoms with Crippen LogP contribution in [0.1, 0.15) is 0 Å². The number of piperazine rings is 1. The normalized spacial score (nSPS) is 15.4. The van der Waals surface area contributed by atoms with Crippen molar-refractivity contribution in [2.24, 2.45) is 0 Å². The molecule has 0 unspecified atom stereocenters. The molecule has 0 spiro atoms. The van der Waals surface area contributed by atoms with Crippen LogP contribution in [0.25, 0.3) is 0 Å². The zero-order chi connectivity index (χ0) is 14.8. The van der Waals surface area contributed by atoms with Crippen molar-refractivity contribution in [1.29, 1.82) is 0 Å². The summed E-state index contributed by atoms with van der Waals surface area (Å²) in [6.45, 7) is 3.61. The summed E-state index contributed by atoms with van der Waals surface area (Å²) in [4.78, 5) is 4.57. The maximum atomic E-state index is 6.30. The highest BCUT2D eigenvalue weighted by Gasteiger charge is 2.20. The summed E-state index contributed by atoms with van der Waals surface area (Å²) in [6.07, 6.45) is 0. The second-order valence-corrected chi connectivity index (χ2v) is 6.19. The maximum Gasteiger partial charge on any atom is 0.0825 e. The predicted octanol–water partition coefficient (Wildman–Crippen LogP) is 4.97. The second-order valence-electron chi connectivity index (χ2n) is 5.00. The maximum absolute atomic E-state index is 6.30. The Morgan fingerprint density at radius 1 is 0.619 bits per heavy atom. The number of para-hydroxylation sites is 1. The minimum absolute atomic E-state index is 0.600. The Balaban J connectivity index is 1.74. The lowest BCUT2D eigenvalue weighted by atomic mass is 10.2. The van der Waals surface area contributed by atoms with Gasteiger partial charge < -0.3 is 9.80 Å². The number of hydrogen-bond acceptors (Lipinski definition) is 2. The lowest BCUT2D eigenvalue weighted by Gasteiger charge is -2.38. The van der Waals surface area contributed by atoms with Crippen LogP contribution in [0.4, 0.5) is 11.4 Å². The molecule has 1 aliphatic rings. The Hall–Kier alpha value is -1.09. The van der Waals surface area contributed by atoms with Crippen molar-refractivity contribution in [3.05, 3.63) is 57.5 Å². The zero-order valence-electron chi connectivity index (χ0n) is 11.4. The molecule has 0 aromatic heterocycles. The van der Waals surface area contributed by atoms with Crippen LogP contribution in [0.2, 0.25) is 15.1 Å². The molecule has 0 radical (unpaired) electrons. The summed E-state index contributed by atoms with van der Waals surface area (Å²) in [5.74, 6) is 0. The van der Waals surface area contributed by atoms with E-state index in [0.29, 0.717) is 10.0 Å². The van der Waals surface area contributed by atoms with E-state index < -0.39 is 0 Å². The van der Waals surface area contributed by atoms with E-state index in [1.807, 2.05) is 36.4 Å². The van der Waals surface area contributed by atoms with Gasteiger partial charge in [0.05, 0.1) is 26.4 Å². The fourth-order valence-corrected chi connectivity index (χ4v) is 3.30. The van der Waals surface area contributed by atoms with Crippen molar-refractivity contribution in [3.8, 4) is 0 Å². The summed E-state index contributed by atoms with van der Waals surface area (Å²) in [7, 11) is 0. The number of anilines is 2.